The molecule has 0 radical (unpaired) electrons. The molecular formula is C13H21BrN2O. The van der Waals surface area contributed by atoms with Gasteiger partial charge in [0.2, 0.25) is 5.88 Å². The van der Waals surface area contributed by atoms with Gasteiger partial charge in [0.05, 0.1) is 18.0 Å². The van der Waals surface area contributed by atoms with Gasteiger partial charge in [0, 0.05) is 16.9 Å². The molecule has 2 atom stereocenters. The zero-order valence-corrected chi connectivity index (χ0v) is 12.7. The fourth-order valence-corrected chi connectivity index (χ4v) is 2.81. The minimum absolute atomic E-state index is 0.124. The second-order valence-corrected chi connectivity index (χ2v) is 6.34. The highest BCUT2D eigenvalue weighted by Gasteiger charge is 2.23. The molecule has 0 aliphatic heterocycles. The smallest absolute Gasteiger partial charge is 0.232 e. The van der Waals surface area contributed by atoms with Crippen LogP contribution >= 0.6 is 15.9 Å². The molecule has 17 heavy (non-hydrogen) atoms. The Morgan fingerprint density at radius 1 is 1.12 bits per heavy atom. The van der Waals surface area contributed by atoms with Crippen molar-refractivity contribution in [1.82, 2.24) is 9.97 Å². The maximum absolute atomic E-state index is 5.58. The minimum Gasteiger partial charge on any atom is -0.474 e. The lowest BCUT2D eigenvalue weighted by Gasteiger charge is -2.23. The molecule has 0 aromatic carbocycles. The van der Waals surface area contributed by atoms with Crippen molar-refractivity contribution in [2.75, 3.05) is 0 Å². The van der Waals surface area contributed by atoms with Gasteiger partial charge in [-0.15, -0.1) is 0 Å². The van der Waals surface area contributed by atoms with E-state index in [1.165, 1.54) is 0 Å². The summed E-state index contributed by atoms with van der Waals surface area (Å²) < 4.78 is 5.58. The van der Waals surface area contributed by atoms with Gasteiger partial charge < -0.3 is 4.74 Å². The number of aromatic nitrogens is 2. The van der Waals surface area contributed by atoms with Crippen molar-refractivity contribution in [3.8, 4) is 5.88 Å². The molecule has 1 heterocycles. The van der Waals surface area contributed by atoms with Crippen LogP contribution in [0.1, 0.15) is 46.2 Å². The first kappa shape index (κ1) is 14.4. The number of hydrogen-bond acceptors (Lipinski definition) is 3. The topological polar surface area (TPSA) is 35.0 Å². The first-order chi connectivity index (χ1) is 7.91. The number of ether oxygens (including phenoxy) is 1. The Labute approximate surface area is 112 Å². The minimum atomic E-state index is 0.124. The van der Waals surface area contributed by atoms with E-state index < -0.39 is 0 Å². The third-order valence-corrected chi connectivity index (χ3v) is 3.11. The highest BCUT2D eigenvalue weighted by molar-refractivity contribution is 9.09. The maximum Gasteiger partial charge on any atom is 0.232 e. The van der Waals surface area contributed by atoms with Gasteiger partial charge in [-0.1, -0.05) is 36.7 Å². The van der Waals surface area contributed by atoms with Gasteiger partial charge in [-0.05, 0) is 19.8 Å². The molecule has 0 saturated carbocycles. The zero-order chi connectivity index (χ0) is 13.0. The molecular weight excluding hydrogens is 280 g/mol. The van der Waals surface area contributed by atoms with Crippen LogP contribution in [0.4, 0.5) is 0 Å². The lowest BCUT2D eigenvalue weighted by Crippen LogP contribution is -2.18. The highest BCUT2D eigenvalue weighted by Crippen LogP contribution is 2.31. The number of hydrogen-bond donors (Lipinski definition) is 0. The summed E-state index contributed by atoms with van der Waals surface area (Å²) in [6.45, 7) is 10.5. The van der Waals surface area contributed by atoms with Crippen LogP contribution in [0.15, 0.2) is 12.4 Å². The van der Waals surface area contributed by atoms with Crippen molar-refractivity contribution in [1.29, 1.82) is 0 Å². The molecule has 0 bridgehead atoms. The Bertz CT molecular complexity index is 345. The quantitative estimate of drug-likeness (QED) is 0.776. The molecule has 1 rings (SSSR count). The third-order valence-electron chi connectivity index (χ3n) is 2.54. The Morgan fingerprint density at radius 3 is 2.24 bits per heavy atom. The lowest BCUT2D eigenvalue weighted by atomic mass is 9.90. The molecule has 0 saturated heterocycles. The number of rotatable bonds is 5. The Hall–Kier alpha value is -0.640. The van der Waals surface area contributed by atoms with E-state index in [0.717, 1.165) is 5.69 Å². The Balaban J connectivity index is 2.96. The van der Waals surface area contributed by atoms with Crippen molar-refractivity contribution < 1.29 is 4.74 Å². The summed E-state index contributed by atoms with van der Waals surface area (Å²) in [4.78, 5) is 9.12. The molecule has 0 spiro atoms. The monoisotopic (exact) mass is 300 g/mol. The van der Waals surface area contributed by atoms with E-state index in [1.54, 1.807) is 6.20 Å². The predicted molar refractivity (Wildman–Crippen MR) is 73.8 cm³/mol. The van der Waals surface area contributed by atoms with Gasteiger partial charge >= 0.3 is 0 Å². The van der Waals surface area contributed by atoms with Gasteiger partial charge in [0.1, 0.15) is 0 Å². The molecule has 1 aromatic heterocycles. The van der Waals surface area contributed by atoms with E-state index in [4.69, 9.17) is 4.74 Å². The average molecular weight is 301 g/mol. The van der Waals surface area contributed by atoms with E-state index in [-0.39, 0.29) is 6.10 Å². The largest absolute Gasteiger partial charge is 0.474 e. The van der Waals surface area contributed by atoms with Crippen molar-refractivity contribution >= 4 is 15.9 Å². The summed E-state index contributed by atoms with van der Waals surface area (Å²) >= 11 is 3.64. The summed E-state index contributed by atoms with van der Waals surface area (Å²) in [7, 11) is 0. The van der Waals surface area contributed by atoms with Gasteiger partial charge in [0.15, 0.2) is 0 Å². The fourth-order valence-electron chi connectivity index (χ4n) is 1.93. The summed E-state index contributed by atoms with van der Waals surface area (Å²) in [6.07, 6.45) is 3.62. The van der Waals surface area contributed by atoms with Gasteiger partial charge in [0.25, 0.3) is 0 Å². The lowest BCUT2D eigenvalue weighted by molar-refractivity contribution is 0.230. The second kappa shape index (κ2) is 6.34. The molecule has 96 valence electrons. The summed E-state index contributed by atoms with van der Waals surface area (Å²) in [6, 6.07) is 0. The van der Waals surface area contributed by atoms with E-state index in [0.29, 0.717) is 22.5 Å². The average Bonchev–Trinajstić information content (AvgIpc) is 2.15. The first-order valence-corrected chi connectivity index (χ1v) is 6.96. The summed E-state index contributed by atoms with van der Waals surface area (Å²) in [5.74, 6) is 1.46. The standard InChI is InChI=1S/C13H21BrN2O/c1-8(2)13(10(5)14)11-6-15-7-12(16-11)17-9(3)4/h6-10,13H,1-5H3. The van der Waals surface area contributed by atoms with E-state index in [9.17, 15) is 0 Å². The third kappa shape index (κ3) is 4.26. The van der Waals surface area contributed by atoms with Gasteiger partial charge in [-0.2, -0.15) is 0 Å². The maximum atomic E-state index is 5.58. The van der Waals surface area contributed by atoms with Crippen LogP contribution in [-0.4, -0.2) is 20.9 Å². The van der Waals surface area contributed by atoms with Crippen molar-refractivity contribution in [3.05, 3.63) is 18.1 Å². The van der Waals surface area contributed by atoms with Crippen LogP contribution in [0.5, 0.6) is 5.88 Å². The number of halogens is 1. The summed E-state index contributed by atoms with van der Waals surface area (Å²) in [5, 5.41) is 0. The molecule has 1 aromatic rings. The number of alkyl halides is 1. The SMILES string of the molecule is CC(C)Oc1cncc(C(C(C)C)C(C)Br)n1. The Morgan fingerprint density at radius 2 is 1.76 bits per heavy atom. The van der Waals surface area contributed by atoms with E-state index in [1.807, 2.05) is 20.0 Å². The molecule has 4 heteroatoms. The van der Waals surface area contributed by atoms with Crippen LogP contribution in [0.2, 0.25) is 0 Å². The molecule has 2 unspecified atom stereocenters. The van der Waals surface area contributed by atoms with E-state index in [2.05, 4.69) is 46.7 Å². The normalized spacial score (nSPS) is 15.1. The number of nitrogens with zero attached hydrogens (tertiary/aromatic N) is 2. The Kier molecular flexibility index (Phi) is 5.37. The van der Waals surface area contributed by atoms with Crippen LogP contribution < -0.4 is 4.74 Å². The zero-order valence-electron chi connectivity index (χ0n) is 11.1. The second-order valence-electron chi connectivity index (χ2n) is 4.90. The summed E-state index contributed by atoms with van der Waals surface area (Å²) in [5.41, 5.74) is 0.988. The fraction of sp³-hybridized carbons (Fsp3) is 0.692. The van der Waals surface area contributed by atoms with Crippen LogP contribution in [-0.2, 0) is 0 Å². The van der Waals surface area contributed by atoms with Crippen LogP contribution in [0.25, 0.3) is 0 Å². The van der Waals surface area contributed by atoms with Crippen molar-refractivity contribution in [2.45, 2.75) is 51.5 Å². The molecule has 0 amide bonds. The predicted octanol–water partition coefficient (Wildman–Crippen LogP) is 3.79. The van der Waals surface area contributed by atoms with Gasteiger partial charge in [-0.3, -0.25) is 4.98 Å². The van der Waals surface area contributed by atoms with E-state index >= 15 is 0 Å². The molecule has 3 nitrogen and oxygen atoms in total. The van der Waals surface area contributed by atoms with Crippen LogP contribution in [0.3, 0.4) is 0 Å². The molecule has 0 aliphatic rings. The van der Waals surface area contributed by atoms with Crippen molar-refractivity contribution in [3.63, 3.8) is 0 Å². The molecule has 0 fully saturated rings. The molecule has 0 aliphatic carbocycles. The first-order valence-electron chi connectivity index (χ1n) is 6.04. The van der Waals surface area contributed by atoms with Crippen molar-refractivity contribution in [2.24, 2.45) is 5.92 Å². The van der Waals surface area contributed by atoms with Crippen LogP contribution in [0, 0.1) is 5.92 Å². The highest BCUT2D eigenvalue weighted by atomic mass is 79.9. The van der Waals surface area contributed by atoms with Gasteiger partial charge in [-0.25, -0.2) is 4.98 Å². The molecule has 0 N–H and O–H groups in total.